The third-order valence-electron chi connectivity index (χ3n) is 3.34. The summed E-state index contributed by atoms with van der Waals surface area (Å²) in [4.78, 5) is 22.0. The van der Waals surface area contributed by atoms with Gasteiger partial charge in [0.15, 0.2) is 0 Å². The molecule has 0 fully saturated rings. The minimum Gasteiger partial charge on any atom is -0.496 e. The van der Waals surface area contributed by atoms with Gasteiger partial charge in [-0.05, 0) is 19.3 Å². The van der Waals surface area contributed by atoms with Gasteiger partial charge in [-0.3, -0.25) is 9.59 Å². The van der Waals surface area contributed by atoms with E-state index >= 15 is 0 Å². The lowest BCUT2D eigenvalue weighted by molar-refractivity contribution is -0.121. The maximum absolute atomic E-state index is 11.5. The van der Waals surface area contributed by atoms with Crippen LogP contribution in [-0.4, -0.2) is 39.2 Å². The van der Waals surface area contributed by atoms with E-state index in [-0.39, 0.29) is 12.3 Å². The van der Waals surface area contributed by atoms with Gasteiger partial charge < -0.3 is 25.3 Å². The maximum Gasteiger partial charge on any atom is 0.220 e. The van der Waals surface area contributed by atoms with Crippen LogP contribution in [0.5, 0.6) is 17.2 Å². The molecule has 0 aliphatic heterocycles. The molecular weight excluding hydrogens is 312 g/mol. The highest BCUT2D eigenvalue weighted by Gasteiger charge is 2.04. The third-order valence-corrected chi connectivity index (χ3v) is 3.34. The number of nitrogens with one attached hydrogen (secondary N) is 1. The van der Waals surface area contributed by atoms with Crippen LogP contribution in [-0.2, 0) is 9.59 Å². The lowest BCUT2D eigenvalue weighted by atomic mass is 10.2. The molecule has 3 N–H and O–H groups in total. The average molecular weight is 338 g/mol. The monoisotopic (exact) mass is 338 g/mol. The van der Waals surface area contributed by atoms with Crippen LogP contribution >= 0.6 is 0 Å². The molecule has 7 heteroatoms. The molecule has 7 nitrogen and oxygen atoms in total. The molecule has 0 aliphatic carbocycles. The number of rotatable bonds is 12. The van der Waals surface area contributed by atoms with Gasteiger partial charge in [0.05, 0.1) is 20.8 Å². The second-order valence-electron chi connectivity index (χ2n) is 5.27. The van der Waals surface area contributed by atoms with Gasteiger partial charge >= 0.3 is 0 Å². The van der Waals surface area contributed by atoms with Crippen molar-refractivity contribution < 1.29 is 23.8 Å². The molecule has 1 aromatic rings. The summed E-state index contributed by atoms with van der Waals surface area (Å²) in [6, 6.07) is 5.38. The Kier molecular flexibility index (Phi) is 9.11. The number of primary amides is 1. The van der Waals surface area contributed by atoms with Crippen LogP contribution in [0.3, 0.4) is 0 Å². The number of nitrogens with two attached hydrogens (primary N) is 1. The highest BCUT2D eigenvalue weighted by atomic mass is 16.5. The van der Waals surface area contributed by atoms with Gasteiger partial charge in [0, 0.05) is 37.6 Å². The van der Waals surface area contributed by atoms with Crippen molar-refractivity contribution in [1.82, 2.24) is 5.32 Å². The number of amides is 2. The lowest BCUT2D eigenvalue weighted by Crippen LogP contribution is -2.27. The van der Waals surface area contributed by atoms with Crippen LogP contribution < -0.4 is 25.3 Å². The first-order chi connectivity index (χ1) is 11.5. The van der Waals surface area contributed by atoms with Crippen molar-refractivity contribution in [3.63, 3.8) is 0 Å². The number of benzene rings is 1. The first kappa shape index (κ1) is 19.6. The fourth-order valence-electron chi connectivity index (χ4n) is 2.03. The molecule has 0 spiro atoms. The smallest absolute Gasteiger partial charge is 0.220 e. The fourth-order valence-corrected chi connectivity index (χ4v) is 2.03. The zero-order chi connectivity index (χ0) is 17.8. The summed E-state index contributed by atoms with van der Waals surface area (Å²) in [6.07, 6.45) is 3.10. The SMILES string of the molecule is COc1cc(OC)cc(OCCCCCC(=O)NCCC(N)=O)c1. The number of unbranched alkanes of at least 4 members (excludes halogenated alkanes) is 2. The molecule has 1 rings (SSSR count). The lowest BCUT2D eigenvalue weighted by Gasteiger charge is -2.10. The zero-order valence-electron chi connectivity index (χ0n) is 14.3. The van der Waals surface area contributed by atoms with Crippen LogP contribution in [0, 0.1) is 0 Å². The predicted molar refractivity (Wildman–Crippen MR) is 90.3 cm³/mol. The molecule has 0 saturated heterocycles. The quantitative estimate of drug-likeness (QED) is 0.564. The van der Waals surface area contributed by atoms with Crippen molar-refractivity contribution in [2.45, 2.75) is 32.1 Å². The molecule has 0 heterocycles. The van der Waals surface area contributed by atoms with E-state index < -0.39 is 5.91 Å². The summed E-state index contributed by atoms with van der Waals surface area (Å²) in [7, 11) is 3.18. The van der Waals surface area contributed by atoms with Crippen LogP contribution in [0.15, 0.2) is 18.2 Å². The van der Waals surface area contributed by atoms with Crippen molar-refractivity contribution in [3.8, 4) is 17.2 Å². The van der Waals surface area contributed by atoms with Crippen LogP contribution in [0.2, 0.25) is 0 Å². The van der Waals surface area contributed by atoms with E-state index in [0.29, 0.717) is 36.8 Å². The van der Waals surface area contributed by atoms with E-state index in [1.165, 1.54) is 0 Å². The summed E-state index contributed by atoms with van der Waals surface area (Å²) in [5, 5.41) is 2.66. The Labute approximate surface area is 142 Å². The van der Waals surface area contributed by atoms with E-state index in [2.05, 4.69) is 5.32 Å². The van der Waals surface area contributed by atoms with Gasteiger partial charge in [-0.25, -0.2) is 0 Å². The number of carbonyl (C=O) groups is 2. The first-order valence-corrected chi connectivity index (χ1v) is 7.96. The first-order valence-electron chi connectivity index (χ1n) is 7.96. The minimum absolute atomic E-state index is 0.0605. The Morgan fingerprint density at radius 3 is 2.17 bits per heavy atom. The van der Waals surface area contributed by atoms with Crippen molar-refractivity contribution in [3.05, 3.63) is 18.2 Å². The molecule has 0 aliphatic rings. The summed E-state index contributed by atoms with van der Waals surface area (Å²) in [5.41, 5.74) is 5.00. The third kappa shape index (κ3) is 8.26. The second-order valence-corrected chi connectivity index (χ2v) is 5.27. The molecule has 0 aromatic heterocycles. The van der Waals surface area contributed by atoms with Gasteiger partial charge in [-0.2, -0.15) is 0 Å². The van der Waals surface area contributed by atoms with E-state index in [9.17, 15) is 9.59 Å². The number of carbonyl (C=O) groups excluding carboxylic acids is 2. The highest BCUT2D eigenvalue weighted by molar-refractivity contribution is 5.77. The Morgan fingerprint density at radius 2 is 1.58 bits per heavy atom. The molecule has 24 heavy (non-hydrogen) atoms. The standard InChI is InChI=1S/C17H26N2O5/c1-22-13-10-14(23-2)12-15(11-13)24-9-5-3-4-6-17(21)19-8-7-16(18)20/h10-12H,3-9H2,1-2H3,(H2,18,20)(H,19,21). The van der Waals surface area contributed by atoms with Gasteiger partial charge in [-0.1, -0.05) is 0 Å². The van der Waals surface area contributed by atoms with Crippen LogP contribution in [0.25, 0.3) is 0 Å². The molecule has 0 bridgehead atoms. The van der Waals surface area contributed by atoms with E-state index in [4.69, 9.17) is 19.9 Å². The zero-order valence-corrected chi connectivity index (χ0v) is 14.3. The van der Waals surface area contributed by atoms with Crippen LogP contribution in [0.1, 0.15) is 32.1 Å². The van der Waals surface area contributed by atoms with Gasteiger partial charge in [-0.15, -0.1) is 0 Å². The molecule has 134 valence electrons. The maximum atomic E-state index is 11.5. The van der Waals surface area contributed by atoms with E-state index in [1.807, 2.05) is 0 Å². The molecule has 1 aromatic carbocycles. The molecule has 0 unspecified atom stereocenters. The fraction of sp³-hybridized carbons (Fsp3) is 0.529. The largest absolute Gasteiger partial charge is 0.496 e. The molecule has 0 saturated carbocycles. The predicted octanol–water partition coefficient (Wildman–Crippen LogP) is 1.63. The molecular formula is C17H26N2O5. The number of ether oxygens (including phenoxy) is 3. The topological polar surface area (TPSA) is 99.9 Å². The summed E-state index contributed by atoms with van der Waals surface area (Å²) < 4.78 is 16.0. The number of hydrogen-bond acceptors (Lipinski definition) is 5. The number of methoxy groups -OCH3 is 2. The van der Waals surface area contributed by atoms with Crippen molar-refractivity contribution >= 4 is 11.8 Å². The van der Waals surface area contributed by atoms with Gasteiger partial charge in [0.25, 0.3) is 0 Å². The van der Waals surface area contributed by atoms with E-state index in [0.717, 1.165) is 19.3 Å². The summed E-state index contributed by atoms with van der Waals surface area (Å²) >= 11 is 0. The average Bonchev–Trinajstić information content (AvgIpc) is 2.57. The Bertz CT molecular complexity index is 511. The summed E-state index contributed by atoms with van der Waals surface area (Å²) in [6.45, 7) is 0.856. The van der Waals surface area contributed by atoms with Gasteiger partial charge in [0.1, 0.15) is 17.2 Å². The highest BCUT2D eigenvalue weighted by Crippen LogP contribution is 2.27. The number of hydrogen-bond donors (Lipinski definition) is 2. The van der Waals surface area contributed by atoms with Crippen molar-refractivity contribution in [2.24, 2.45) is 5.73 Å². The van der Waals surface area contributed by atoms with Gasteiger partial charge in [0.2, 0.25) is 11.8 Å². The normalized spacial score (nSPS) is 10.1. The summed E-state index contributed by atoms with van der Waals surface area (Å²) in [5.74, 6) is 1.57. The van der Waals surface area contributed by atoms with E-state index in [1.54, 1.807) is 32.4 Å². The molecule has 2 amide bonds. The molecule has 0 radical (unpaired) electrons. The minimum atomic E-state index is -0.415. The van der Waals surface area contributed by atoms with Crippen LogP contribution in [0.4, 0.5) is 0 Å². The Hall–Kier alpha value is -2.44. The van der Waals surface area contributed by atoms with Crippen molar-refractivity contribution in [2.75, 3.05) is 27.4 Å². The Balaban J connectivity index is 2.16. The Morgan fingerprint density at radius 1 is 0.958 bits per heavy atom. The second kappa shape index (κ2) is 11.2. The van der Waals surface area contributed by atoms with Crippen molar-refractivity contribution in [1.29, 1.82) is 0 Å². The molecule has 0 atom stereocenters.